The van der Waals surface area contributed by atoms with Crippen LogP contribution >= 0.6 is 22.6 Å². The van der Waals surface area contributed by atoms with Gasteiger partial charge in [0, 0.05) is 0 Å². The first-order valence-corrected chi connectivity index (χ1v) is 18.7. The van der Waals surface area contributed by atoms with Crippen LogP contribution in [0.3, 0.4) is 0 Å². The van der Waals surface area contributed by atoms with Crippen molar-refractivity contribution in [3.05, 3.63) is 51.1 Å². The van der Waals surface area contributed by atoms with Gasteiger partial charge in [0.1, 0.15) is 4.90 Å². The van der Waals surface area contributed by atoms with Crippen molar-refractivity contribution in [2.45, 2.75) is 149 Å². The van der Waals surface area contributed by atoms with Gasteiger partial charge in [0.2, 0.25) is 0 Å². The van der Waals surface area contributed by atoms with E-state index in [1.165, 1.54) is 0 Å². The molecule has 6 nitrogen and oxygen atoms in total. The number of hydrogen-bond acceptors (Lipinski definition) is 6. The fourth-order valence-electron chi connectivity index (χ4n) is 5.41. The topological polar surface area (TPSA) is 78.9 Å². The highest BCUT2D eigenvalue weighted by molar-refractivity contribution is 14.1. The first kappa shape index (κ1) is 39.0. The zero-order valence-electron chi connectivity index (χ0n) is 28.8. The Morgan fingerprint density at radius 1 is 1.02 bits per heavy atom. The summed E-state index contributed by atoms with van der Waals surface area (Å²) >= 11 is 2.22. The van der Waals surface area contributed by atoms with E-state index in [-0.39, 0.29) is 41.8 Å². The second-order valence-electron chi connectivity index (χ2n) is 14.5. The average molecular weight is 745 g/mol. The summed E-state index contributed by atoms with van der Waals surface area (Å²) in [7, 11) is -4.06. The van der Waals surface area contributed by atoms with Crippen molar-refractivity contribution in [3.63, 3.8) is 0 Å². The number of esters is 1. The molecule has 4 atom stereocenters. The van der Waals surface area contributed by atoms with Crippen LogP contribution in [0.5, 0.6) is 0 Å². The molecule has 0 saturated carbocycles. The van der Waals surface area contributed by atoms with E-state index in [2.05, 4.69) is 56.5 Å². The van der Waals surface area contributed by atoms with Crippen LogP contribution in [0.4, 0.5) is 0 Å². The summed E-state index contributed by atoms with van der Waals surface area (Å²) in [6.45, 7) is 28.7. The molecule has 1 heterocycles. The highest BCUT2D eigenvalue weighted by Gasteiger charge is 2.34. The predicted molar refractivity (Wildman–Crippen MR) is 189 cm³/mol. The largest absolute Gasteiger partial charge is 0.465 e. The Bertz CT molecular complexity index is 1230. The number of allylic oxidation sites excluding steroid dienone is 1. The Hall–Kier alpha value is -1.23. The molecule has 0 aliphatic carbocycles. The summed E-state index contributed by atoms with van der Waals surface area (Å²) in [5, 5.41) is 0. The van der Waals surface area contributed by atoms with Gasteiger partial charge in [0.05, 0.1) is 30.3 Å². The zero-order chi connectivity index (χ0) is 33.6. The van der Waals surface area contributed by atoms with Crippen LogP contribution in [-0.2, 0) is 28.6 Å². The van der Waals surface area contributed by atoms with Crippen LogP contribution < -0.4 is 0 Å². The van der Waals surface area contributed by atoms with E-state index in [0.29, 0.717) is 30.8 Å². The zero-order valence-corrected chi connectivity index (χ0v) is 31.8. The minimum absolute atomic E-state index is 0.0126. The number of carbonyl (C=O) groups is 1. The Morgan fingerprint density at radius 3 is 2.07 bits per heavy atom. The maximum Gasteiger partial charge on any atom is 0.311 e. The molecule has 0 bridgehead atoms. The molecular weight excluding hydrogens is 687 g/mol. The molecule has 2 rings (SSSR count). The van der Waals surface area contributed by atoms with Gasteiger partial charge in [0.25, 0.3) is 10.1 Å². The van der Waals surface area contributed by atoms with Gasteiger partial charge in [-0.1, -0.05) is 73.8 Å². The van der Waals surface area contributed by atoms with Crippen LogP contribution in [0.1, 0.15) is 142 Å². The van der Waals surface area contributed by atoms with Gasteiger partial charge in [-0.2, -0.15) is 8.42 Å². The molecule has 1 aromatic carbocycles. The first-order valence-electron chi connectivity index (χ1n) is 16.2. The number of hydrogen-bond donors (Lipinski definition) is 0. The fraction of sp³-hybridized carbons (Fsp3) is 0.694. The quantitative estimate of drug-likeness (QED) is 0.0552. The molecule has 1 aliphatic rings. The lowest BCUT2D eigenvalue weighted by molar-refractivity contribution is -0.153. The molecule has 0 amide bonds. The fourth-order valence-corrected chi connectivity index (χ4v) is 7.46. The van der Waals surface area contributed by atoms with Crippen LogP contribution in [0.15, 0.2) is 39.3 Å². The van der Waals surface area contributed by atoms with Crippen LogP contribution in [0.25, 0.3) is 0 Å². The maximum absolute atomic E-state index is 14.2. The maximum atomic E-state index is 14.2. The third-order valence-electron chi connectivity index (χ3n) is 8.31. The van der Waals surface area contributed by atoms with Crippen molar-refractivity contribution < 1.29 is 26.9 Å². The van der Waals surface area contributed by atoms with E-state index in [4.69, 9.17) is 13.7 Å². The standard InChI is InChI=1S/C36H57IO6S/c1-22(2)28-20-31(23(3)4)34(32(21-28)24(5)6)44(39,40)43-30(18-25(7)27(9)37)15-16-33-26(8)19-29(42-33)14-13-17-41-35(38)36(10,11)12/h20-25,29-30,33H,8-9,13-19H2,1-7,10-12H3/t25-,29+,30-,33+/m1/s1. The van der Waals surface area contributed by atoms with Gasteiger partial charge in [-0.15, -0.1) is 0 Å². The van der Waals surface area contributed by atoms with Crippen molar-refractivity contribution >= 4 is 38.7 Å². The van der Waals surface area contributed by atoms with Crippen LogP contribution in [0.2, 0.25) is 0 Å². The van der Waals surface area contributed by atoms with Crippen LogP contribution in [0, 0.1) is 11.3 Å². The number of rotatable bonds is 16. The Labute approximate surface area is 282 Å². The molecule has 0 spiro atoms. The smallest absolute Gasteiger partial charge is 0.311 e. The third kappa shape index (κ3) is 11.2. The monoisotopic (exact) mass is 744 g/mol. The molecule has 0 aromatic heterocycles. The van der Waals surface area contributed by atoms with Gasteiger partial charge in [-0.25, -0.2) is 0 Å². The van der Waals surface area contributed by atoms with Gasteiger partial charge >= 0.3 is 5.97 Å². The summed E-state index contributed by atoms with van der Waals surface area (Å²) in [4.78, 5) is 12.4. The molecule has 0 radical (unpaired) electrons. The van der Waals surface area contributed by atoms with Crippen molar-refractivity contribution in [1.82, 2.24) is 0 Å². The first-order chi connectivity index (χ1) is 20.2. The molecule has 44 heavy (non-hydrogen) atoms. The molecule has 1 aromatic rings. The normalized spacial score (nSPS) is 19.2. The van der Waals surface area contributed by atoms with Gasteiger partial charge in [-0.3, -0.25) is 8.98 Å². The number of ether oxygens (including phenoxy) is 2. The van der Waals surface area contributed by atoms with E-state index in [0.717, 1.165) is 45.1 Å². The Kier molecular flexibility index (Phi) is 14.7. The summed E-state index contributed by atoms with van der Waals surface area (Å²) in [5.41, 5.74) is 3.27. The van der Waals surface area contributed by atoms with Crippen molar-refractivity contribution in [3.8, 4) is 0 Å². The van der Waals surface area contributed by atoms with Gasteiger partial charge in [0.15, 0.2) is 0 Å². The predicted octanol–water partition coefficient (Wildman–Crippen LogP) is 9.97. The van der Waals surface area contributed by atoms with Crippen molar-refractivity contribution in [1.29, 1.82) is 0 Å². The van der Waals surface area contributed by atoms with Crippen molar-refractivity contribution in [2.75, 3.05) is 6.61 Å². The Balaban J connectivity index is 2.22. The van der Waals surface area contributed by atoms with Gasteiger partial charge in [-0.05, 0) is 131 Å². The van der Waals surface area contributed by atoms with E-state index in [1.54, 1.807) is 0 Å². The van der Waals surface area contributed by atoms with E-state index in [9.17, 15) is 13.2 Å². The molecule has 1 saturated heterocycles. The second-order valence-corrected chi connectivity index (χ2v) is 17.4. The molecule has 250 valence electrons. The van der Waals surface area contributed by atoms with E-state index >= 15 is 0 Å². The summed E-state index contributed by atoms with van der Waals surface area (Å²) in [6.07, 6.45) is 3.25. The summed E-state index contributed by atoms with van der Waals surface area (Å²) in [6, 6.07) is 4.09. The number of benzene rings is 1. The second kappa shape index (κ2) is 16.6. The lowest BCUT2D eigenvalue weighted by atomic mass is 9.89. The number of carbonyl (C=O) groups excluding carboxylic acids is 1. The highest BCUT2D eigenvalue weighted by atomic mass is 127. The average Bonchev–Trinajstić information content (AvgIpc) is 3.26. The lowest BCUT2D eigenvalue weighted by Gasteiger charge is -2.26. The summed E-state index contributed by atoms with van der Waals surface area (Å²) in [5.74, 6) is 0.219. The highest BCUT2D eigenvalue weighted by Crippen LogP contribution is 2.38. The lowest BCUT2D eigenvalue weighted by Crippen LogP contribution is -2.25. The van der Waals surface area contributed by atoms with Crippen LogP contribution in [-0.4, -0.2) is 39.3 Å². The third-order valence-corrected chi connectivity index (χ3v) is 10.9. The molecule has 1 aliphatic heterocycles. The van der Waals surface area contributed by atoms with Crippen molar-refractivity contribution in [2.24, 2.45) is 11.3 Å². The minimum Gasteiger partial charge on any atom is -0.465 e. The molecule has 8 heteroatoms. The van der Waals surface area contributed by atoms with E-state index in [1.807, 2.05) is 60.6 Å². The molecular formula is C36H57IO6S. The molecule has 1 fully saturated rings. The SMILES string of the molecule is C=C(I)[C@H](C)C[C@@H](CC[C@@H]1O[C@@H](CCCOC(=O)C(C)(C)C)CC1=C)OS(=O)(=O)c1c(C(C)C)cc(C(C)C)cc1C(C)C. The summed E-state index contributed by atoms with van der Waals surface area (Å²) < 4.78 is 47.2. The number of halogens is 1. The van der Waals surface area contributed by atoms with E-state index < -0.39 is 21.6 Å². The molecule has 0 unspecified atom stereocenters. The molecule has 0 N–H and O–H groups in total. The van der Waals surface area contributed by atoms with Gasteiger partial charge < -0.3 is 9.47 Å². The minimum atomic E-state index is -4.06. The Morgan fingerprint density at radius 2 is 1.59 bits per heavy atom.